The second-order valence-corrected chi connectivity index (χ2v) is 6.55. The molecule has 2 unspecified atom stereocenters. The average Bonchev–Trinajstić information content (AvgIpc) is 2.65. The van der Waals surface area contributed by atoms with Crippen LogP contribution >= 0.6 is 39.0 Å². The van der Waals surface area contributed by atoms with Crippen LogP contribution in [0.5, 0.6) is 0 Å². The van der Waals surface area contributed by atoms with Gasteiger partial charge in [-0.3, -0.25) is 0 Å². The highest BCUT2D eigenvalue weighted by Gasteiger charge is 2.23. The minimum atomic E-state index is -0.372. The zero-order valence-electron chi connectivity index (χ0n) is 8.19. The lowest BCUT2D eigenvalue weighted by molar-refractivity contribution is -0.0204. The second-order valence-electron chi connectivity index (χ2n) is 3.49. The van der Waals surface area contributed by atoms with Gasteiger partial charge in [-0.2, -0.15) is 11.8 Å². The molecule has 0 aromatic carbocycles. The van der Waals surface area contributed by atoms with Crippen molar-refractivity contribution in [1.82, 2.24) is 0 Å². The summed E-state index contributed by atoms with van der Waals surface area (Å²) in [6.45, 7) is 0.764. The van der Waals surface area contributed by atoms with Gasteiger partial charge in [0.1, 0.15) is 0 Å². The first-order chi connectivity index (χ1) is 7.25. The molecule has 1 N–H and O–H groups in total. The Morgan fingerprint density at radius 1 is 1.67 bits per heavy atom. The normalized spacial score (nSPS) is 24.0. The summed E-state index contributed by atoms with van der Waals surface area (Å²) in [5, 5.41) is 12.0. The summed E-state index contributed by atoms with van der Waals surface area (Å²) in [6, 6.07) is 2.06. The lowest BCUT2D eigenvalue weighted by Gasteiger charge is -2.26. The van der Waals surface area contributed by atoms with Gasteiger partial charge >= 0.3 is 0 Å². The minimum absolute atomic E-state index is 0.00428. The van der Waals surface area contributed by atoms with E-state index in [4.69, 9.17) is 4.74 Å². The predicted octanol–water partition coefficient (Wildman–Crippen LogP) is 2.55. The maximum atomic E-state index is 9.99. The molecule has 15 heavy (non-hydrogen) atoms. The number of aliphatic hydroxyl groups is 1. The Morgan fingerprint density at radius 2 is 2.53 bits per heavy atom. The Balaban J connectivity index is 1.88. The van der Waals surface area contributed by atoms with Gasteiger partial charge < -0.3 is 9.84 Å². The fraction of sp³-hybridized carbons (Fsp3) is 0.600. The van der Waals surface area contributed by atoms with Crippen LogP contribution in [0.25, 0.3) is 0 Å². The van der Waals surface area contributed by atoms with E-state index in [1.165, 1.54) is 4.88 Å². The van der Waals surface area contributed by atoms with Crippen molar-refractivity contribution >= 4 is 39.0 Å². The van der Waals surface area contributed by atoms with Crippen LogP contribution in [0.4, 0.5) is 0 Å². The van der Waals surface area contributed by atoms with Gasteiger partial charge in [0, 0.05) is 32.7 Å². The maximum absolute atomic E-state index is 9.99. The summed E-state index contributed by atoms with van der Waals surface area (Å²) < 4.78 is 6.63. The molecule has 2 nitrogen and oxygen atoms in total. The number of hydrogen-bond acceptors (Lipinski definition) is 4. The summed E-state index contributed by atoms with van der Waals surface area (Å²) in [7, 11) is 0. The smallest absolute Gasteiger partial charge is 0.0927 e. The molecule has 5 heteroatoms. The molecular weight excluding hydrogens is 296 g/mol. The van der Waals surface area contributed by atoms with E-state index >= 15 is 0 Å². The third-order valence-corrected chi connectivity index (χ3v) is 5.04. The summed E-state index contributed by atoms with van der Waals surface area (Å²) in [4.78, 5) is 1.20. The van der Waals surface area contributed by atoms with Gasteiger partial charge in [0.25, 0.3) is 0 Å². The first kappa shape index (κ1) is 11.9. The van der Waals surface area contributed by atoms with Gasteiger partial charge in [-0.25, -0.2) is 0 Å². The average molecular weight is 309 g/mol. The van der Waals surface area contributed by atoms with E-state index < -0.39 is 0 Å². The zero-order valence-corrected chi connectivity index (χ0v) is 11.4. The molecule has 0 saturated carbocycles. The molecule has 0 amide bonds. The molecule has 0 bridgehead atoms. The topological polar surface area (TPSA) is 29.5 Å². The van der Waals surface area contributed by atoms with E-state index in [-0.39, 0.29) is 12.2 Å². The van der Waals surface area contributed by atoms with Crippen molar-refractivity contribution in [2.24, 2.45) is 0 Å². The minimum Gasteiger partial charge on any atom is -0.390 e. The van der Waals surface area contributed by atoms with E-state index in [0.29, 0.717) is 6.42 Å². The van der Waals surface area contributed by atoms with Gasteiger partial charge in [-0.05, 0) is 22.0 Å². The fourth-order valence-electron chi connectivity index (χ4n) is 1.53. The summed E-state index contributed by atoms with van der Waals surface area (Å²) in [5.74, 6) is 1.96. The Kier molecular flexibility index (Phi) is 4.52. The molecule has 0 radical (unpaired) electrons. The highest BCUT2D eigenvalue weighted by molar-refractivity contribution is 9.10. The summed E-state index contributed by atoms with van der Waals surface area (Å²) >= 11 is 6.94. The molecule has 2 rings (SSSR count). The third kappa shape index (κ3) is 3.46. The molecule has 1 aromatic heterocycles. The second kappa shape index (κ2) is 5.68. The fourth-order valence-corrected chi connectivity index (χ4v) is 3.96. The monoisotopic (exact) mass is 308 g/mol. The zero-order chi connectivity index (χ0) is 10.7. The highest BCUT2D eigenvalue weighted by Crippen LogP contribution is 2.23. The maximum Gasteiger partial charge on any atom is 0.0927 e. The molecule has 84 valence electrons. The number of rotatable bonds is 3. The Labute approximate surface area is 106 Å². The van der Waals surface area contributed by atoms with Crippen LogP contribution in [0, 0.1) is 0 Å². The Hall–Kier alpha value is 0.450. The molecule has 1 aliphatic rings. The van der Waals surface area contributed by atoms with Crippen LogP contribution in [-0.4, -0.2) is 35.4 Å². The SMILES string of the molecule is OC(Cc1cc(Br)cs1)C1CSCCO1. The summed E-state index contributed by atoms with van der Waals surface area (Å²) in [5.41, 5.74) is 0. The van der Waals surface area contributed by atoms with Crippen molar-refractivity contribution in [3.63, 3.8) is 0 Å². The number of thiophene rings is 1. The molecule has 2 heterocycles. The van der Waals surface area contributed by atoms with Gasteiger partial charge in [-0.15, -0.1) is 11.3 Å². The Morgan fingerprint density at radius 3 is 3.13 bits per heavy atom. The van der Waals surface area contributed by atoms with E-state index in [0.717, 1.165) is 22.6 Å². The molecule has 1 fully saturated rings. The van der Waals surface area contributed by atoms with Crippen LogP contribution in [0.1, 0.15) is 4.88 Å². The van der Waals surface area contributed by atoms with E-state index in [2.05, 4.69) is 22.0 Å². The number of ether oxygens (including phenoxy) is 1. The molecular formula is C10H13BrO2S2. The van der Waals surface area contributed by atoms with Crippen LogP contribution < -0.4 is 0 Å². The van der Waals surface area contributed by atoms with Crippen molar-refractivity contribution in [3.8, 4) is 0 Å². The van der Waals surface area contributed by atoms with Crippen molar-refractivity contribution in [1.29, 1.82) is 0 Å². The van der Waals surface area contributed by atoms with Crippen molar-refractivity contribution in [2.75, 3.05) is 18.1 Å². The quantitative estimate of drug-likeness (QED) is 0.930. The highest BCUT2D eigenvalue weighted by atomic mass is 79.9. The molecule has 0 spiro atoms. The third-order valence-electron chi connectivity index (χ3n) is 2.30. The largest absolute Gasteiger partial charge is 0.390 e. The molecule has 2 atom stereocenters. The number of thioether (sulfide) groups is 1. The summed E-state index contributed by atoms with van der Waals surface area (Å²) in [6.07, 6.45) is 0.328. The lowest BCUT2D eigenvalue weighted by atomic mass is 10.1. The number of aliphatic hydroxyl groups excluding tert-OH is 1. The van der Waals surface area contributed by atoms with Gasteiger partial charge in [0.2, 0.25) is 0 Å². The lowest BCUT2D eigenvalue weighted by Crippen LogP contribution is -2.36. The first-order valence-electron chi connectivity index (χ1n) is 4.86. The molecule has 1 aromatic rings. The van der Waals surface area contributed by atoms with Crippen LogP contribution in [0.2, 0.25) is 0 Å². The van der Waals surface area contributed by atoms with Gasteiger partial charge in [0.15, 0.2) is 0 Å². The molecule has 0 aliphatic carbocycles. The van der Waals surface area contributed by atoms with Crippen LogP contribution in [0.3, 0.4) is 0 Å². The number of halogens is 1. The van der Waals surface area contributed by atoms with E-state index in [9.17, 15) is 5.11 Å². The van der Waals surface area contributed by atoms with Crippen molar-refractivity contribution in [2.45, 2.75) is 18.6 Å². The van der Waals surface area contributed by atoms with Crippen molar-refractivity contribution < 1.29 is 9.84 Å². The molecule has 1 saturated heterocycles. The molecule has 1 aliphatic heterocycles. The van der Waals surface area contributed by atoms with Gasteiger partial charge in [0.05, 0.1) is 18.8 Å². The predicted molar refractivity (Wildman–Crippen MR) is 68.8 cm³/mol. The van der Waals surface area contributed by atoms with Crippen LogP contribution in [0.15, 0.2) is 15.9 Å². The standard InChI is InChI=1S/C10H13BrO2S2/c11-7-3-8(15-5-7)4-9(12)10-6-14-2-1-13-10/h3,5,9-10,12H,1-2,4,6H2. The van der Waals surface area contributed by atoms with E-state index in [1.54, 1.807) is 11.3 Å². The van der Waals surface area contributed by atoms with Crippen LogP contribution in [-0.2, 0) is 11.2 Å². The van der Waals surface area contributed by atoms with E-state index in [1.807, 2.05) is 17.1 Å². The Bertz CT molecular complexity index is 310. The van der Waals surface area contributed by atoms with Crippen molar-refractivity contribution in [3.05, 3.63) is 20.8 Å². The first-order valence-corrected chi connectivity index (χ1v) is 7.69. The number of hydrogen-bond donors (Lipinski definition) is 1. The van der Waals surface area contributed by atoms with Gasteiger partial charge in [-0.1, -0.05) is 0 Å².